The fourth-order valence-corrected chi connectivity index (χ4v) is 4.03. The molecule has 3 atom stereocenters. The lowest BCUT2D eigenvalue weighted by Crippen LogP contribution is -2.31. The van der Waals surface area contributed by atoms with Crippen LogP contribution in [0.15, 0.2) is 15.9 Å². The molecule has 1 fully saturated rings. The summed E-state index contributed by atoms with van der Waals surface area (Å²) < 4.78 is 0.967. The Morgan fingerprint density at radius 3 is 2.71 bits per heavy atom. The van der Waals surface area contributed by atoms with Crippen molar-refractivity contribution >= 4 is 33.2 Å². The summed E-state index contributed by atoms with van der Waals surface area (Å²) in [7, 11) is 0. The first-order valence-corrected chi connectivity index (χ1v) is 7.36. The number of carbonyl (C=O) groups is 1. The fourth-order valence-electron chi connectivity index (χ4n) is 2.54. The maximum absolute atomic E-state index is 11.2. The number of aliphatic hydroxyl groups is 1. The van der Waals surface area contributed by atoms with E-state index in [-0.39, 0.29) is 5.92 Å². The van der Waals surface area contributed by atoms with Crippen LogP contribution in [0.4, 0.5) is 0 Å². The van der Waals surface area contributed by atoms with Crippen LogP contribution in [0.25, 0.3) is 0 Å². The predicted molar refractivity (Wildman–Crippen MR) is 70.1 cm³/mol. The van der Waals surface area contributed by atoms with Crippen LogP contribution in [0.1, 0.15) is 36.7 Å². The molecule has 3 unspecified atom stereocenters. The van der Waals surface area contributed by atoms with Gasteiger partial charge in [0.15, 0.2) is 0 Å². The van der Waals surface area contributed by atoms with Gasteiger partial charge in [-0.3, -0.25) is 4.79 Å². The number of carboxylic acid groups (broad SMARTS) is 1. The number of aliphatic hydroxyl groups excluding tert-OH is 1. The Kier molecular flexibility index (Phi) is 4.22. The lowest BCUT2D eigenvalue weighted by Gasteiger charge is -2.31. The highest BCUT2D eigenvalue weighted by Gasteiger charge is 2.36. The van der Waals surface area contributed by atoms with E-state index in [9.17, 15) is 15.0 Å². The molecule has 2 rings (SSSR count). The highest BCUT2D eigenvalue weighted by molar-refractivity contribution is 9.11. The van der Waals surface area contributed by atoms with Crippen LogP contribution in [0.2, 0.25) is 0 Å². The average molecular weight is 319 g/mol. The lowest BCUT2D eigenvalue weighted by molar-refractivity contribution is -0.147. The third-order valence-corrected chi connectivity index (χ3v) is 5.12. The zero-order valence-corrected chi connectivity index (χ0v) is 11.7. The van der Waals surface area contributed by atoms with Crippen molar-refractivity contribution in [2.45, 2.75) is 31.8 Å². The molecule has 94 valence electrons. The topological polar surface area (TPSA) is 57.5 Å². The zero-order valence-electron chi connectivity index (χ0n) is 9.30. The molecule has 1 aromatic rings. The van der Waals surface area contributed by atoms with Gasteiger partial charge in [0.25, 0.3) is 0 Å². The molecule has 17 heavy (non-hydrogen) atoms. The molecule has 0 amide bonds. The van der Waals surface area contributed by atoms with Gasteiger partial charge in [-0.05, 0) is 40.9 Å². The van der Waals surface area contributed by atoms with Gasteiger partial charge in [-0.15, -0.1) is 11.3 Å². The molecule has 2 N–H and O–H groups in total. The van der Waals surface area contributed by atoms with Gasteiger partial charge in [0, 0.05) is 10.8 Å². The Morgan fingerprint density at radius 2 is 2.12 bits per heavy atom. The van der Waals surface area contributed by atoms with Crippen molar-refractivity contribution in [3.8, 4) is 0 Å². The first-order chi connectivity index (χ1) is 8.09. The van der Waals surface area contributed by atoms with Crippen LogP contribution in [-0.2, 0) is 4.79 Å². The Morgan fingerprint density at radius 1 is 1.41 bits per heavy atom. The summed E-state index contributed by atoms with van der Waals surface area (Å²) in [5.74, 6) is -1.32. The molecule has 1 saturated carbocycles. The summed E-state index contributed by atoms with van der Waals surface area (Å²) in [6.45, 7) is 0. The van der Waals surface area contributed by atoms with Gasteiger partial charge >= 0.3 is 5.97 Å². The molecule has 5 heteroatoms. The van der Waals surface area contributed by atoms with E-state index in [0.29, 0.717) is 6.42 Å². The summed E-state index contributed by atoms with van der Waals surface area (Å²) in [6.07, 6.45) is 2.80. The number of aliphatic carboxylic acids is 1. The van der Waals surface area contributed by atoms with E-state index in [1.165, 1.54) is 11.3 Å². The number of hydrogen-bond donors (Lipinski definition) is 2. The molecule has 1 heterocycles. The summed E-state index contributed by atoms with van der Waals surface area (Å²) in [5, 5.41) is 19.5. The number of hydrogen-bond acceptors (Lipinski definition) is 3. The summed E-state index contributed by atoms with van der Waals surface area (Å²) >= 11 is 4.84. The summed E-state index contributed by atoms with van der Waals surface area (Å²) in [6, 6.07) is 3.76. The Hall–Kier alpha value is -0.390. The number of halogens is 1. The van der Waals surface area contributed by atoms with Gasteiger partial charge in [-0.1, -0.05) is 12.8 Å². The number of rotatable bonds is 3. The molecular formula is C12H15BrO3S. The van der Waals surface area contributed by atoms with Crippen molar-refractivity contribution in [3.05, 3.63) is 20.8 Å². The molecule has 0 radical (unpaired) electrons. The predicted octanol–water partition coefficient (Wildman–Crippen LogP) is 3.44. The van der Waals surface area contributed by atoms with Gasteiger partial charge in [-0.2, -0.15) is 0 Å². The first-order valence-electron chi connectivity index (χ1n) is 5.75. The van der Waals surface area contributed by atoms with E-state index in [0.717, 1.165) is 27.9 Å². The summed E-state index contributed by atoms with van der Waals surface area (Å²) in [5.41, 5.74) is 0. The van der Waals surface area contributed by atoms with Crippen molar-refractivity contribution in [1.82, 2.24) is 0 Å². The smallest absolute Gasteiger partial charge is 0.306 e. The molecule has 0 aromatic carbocycles. The monoisotopic (exact) mass is 318 g/mol. The summed E-state index contributed by atoms with van der Waals surface area (Å²) in [4.78, 5) is 12.0. The molecule has 0 aliphatic heterocycles. The minimum atomic E-state index is -0.774. The Balaban J connectivity index is 2.16. The molecule has 1 aliphatic rings. The van der Waals surface area contributed by atoms with Crippen molar-refractivity contribution < 1.29 is 15.0 Å². The molecular weight excluding hydrogens is 304 g/mol. The fraction of sp³-hybridized carbons (Fsp3) is 0.583. The van der Waals surface area contributed by atoms with Crippen molar-refractivity contribution in [2.24, 2.45) is 11.8 Å². The molecule has 0 spiro atoms. The van der Waals surface area contributed by atoms with Gasteiger partial charge in [0.05, 0.1) is 15.8 Å². The molecule has 0 saturated heterocycles. The van der Waals surface area contributed by atoms with Crippen LogP contribution in [0, 0.1) is 11.8 Å². The highest BCUT2D eigenvalue weighted by Crippen LogP contribution is 2.41. The first kappa shape index (κ1) is 13.1. The van der Waals surface area contributed by atoms with E-state index in [4.69, 9.17) is 0 Å². The number of thiophene rings is 1. The van der Waals surface area contributed by atoms with E-state index >= 15 is 0 Å². The van der Waals surface area contributed by atoms with Gasteiger partial charge in [0.2, 0.25) is 0 Å². The minimum absolute atomic E-state index is 0.146. The van der Waals surface area contributed by atoms with E-state index in [1.54, 1.807) is 0 Å². The average Bonchev–Trinajstić information content (AvgIpc) is 2.75. The second-order valence-electron chi connectivity index (χ2n) is 4.48. The van der Waals surface area contributed by atoms with Crippen molar-refractivity contribution in [1.29, 1.82) is 0 Å². The normalized spacial score (nSPS) is 26.7. The quantitative estimate of drug-likeness (QED) is 0.897. The van der Waals surface area contributed by atoms with Crippen LogP contribution < -0.4 is 0 Å². The molecule has 1 aromatic heterocycles. The molecule has 1 aliphatic carbocycles. The minimum Gasteiger partial charge on any atom is -0.481 e. The van der Waals surface area contributed by atoms with Crippen LogP contribution in [-0.4, -0.2) is 16.2 Å². The van der Waals surface area contributed by atoms with Crippen molar-refractivity contribution in [3.63, 3.8) is 0 Å². The zero-order chi connectivity index (χ0) is 12.4. The van der Waals surface area contributed by atoms with Gasteiger partial charge in [0.1, 0.15) is 0 Å². The largest absolute Gasteiger partial charge is 0.481 e. The van der Waals surface area contributed by atoms with E-state index < -0.39 is 18.0 Å². The van der Waals surface area contributed by atoms with Gasteiger partial charge in [-0.25, -0.2) is 0 Å². The SMILES string of the molecule is O=C(O)C1CCCCC1C(O)c1ccc(Br)s1. The van der Waals surface area contributed by atoms with Gasteiger partial charge < -0.3 is 10.2 Å². The lowest BCUT2D eigenvalue weighted by atomic mass is 9.76. The van der Waals surface area contributed by atoms with E-state index in [1.807, 2.05) is 12.1 Å². The third-order valence-electron chi connectivity index (χ3n) is 3.43. The standard InChI is InChI=1S/C12H15BrO3S/c13-10-6-5-9(17-10)11(14)7-3-1-2-4-8(7)12(15)16/h5-8,11,14H,1-4H2,(H,15,16). The van der Waals surface area contributed by atoms with Crippen LogP contribution >= 0.6 is 27.3 Å². The third kappa shape index (κ3) is 2.89. The second kappa shape index (κ2) is 5.50. The Bertz CT molecular complexity index is 404. The Labute approximate surface area is 113 Å². The maximum Gasteiger partial charge on any atom is 0.306 e. The second-order valence-corrected chi connectivity index (χ2v) is 6.97. The highest BCUT2D eigenvalue weighted by atomic mass is 79.9. The van der Waals surface area contributed by atoms with E-state index in [2.05, 4.69) is 15.9 Å². The maximum atomic E-state index is 11.2. The molecule has 0 bridgehead atoms. The number of carboxylic acids is 1. The van der Waals surface area contributed by atoms with Crippen molar-refractivity contribution in [2.75, 3.05) is 0 Å². The molecule has 3 nitrogen and oxygen atoms in total. The van der Waals surface area contributed by atoms with Crippen LogP contribution in [0.3, 0.4) is 0 Å². The van der Waals surface area contributed by atoms with Crippen LogP contribution in [0.5, 0.6) is 0 Å².